The van der Waals surface area contributed by atoms with Crippen molar-refractivity contribution >= 4 is 22.9 Å². The Morgan fingerprint density at radius 1 is 1.44 bits per heavy atom. The van der Waals surface area contributed by atoms with Gasteiger partial charge in [-0.2, -0.15) is 0 Å². The van der Waals surface area contributed by atoms with Crippen molar-refractivity contribution in [1.29, 1.82) is 0 Å². The molecule has 0 amide bonds. The molecule has 2 aromatic rings. The Morgan fingerprint density at radius 2 is 2.28 bits per heavy atom. The minimum Gasteiger partial charge on any atom is -0.301 e. The number of rotatable bonds is 4. The van der Waals surface area contributed by atoms with Crippen LogP contribution in [-0.2, 0) is 0 Å². The number of aromatic nitrogens is 1. The fourth-order valence-electron chi connectivity index (χ4n) is 1.93. The molecular formula is C13H12ClFN2S. The molecule has 3 rings (SSSR count). The molecule has 94 valence electrons. The van der Waals surface area contributed by atoms with Crippen molar-refractivity contribution in [3.05, 3.63) is 51.2 Å². The van der Waals surface area contributed by atoms with Gasteiger partial charge in [0.1, 0.15) is 10.8 Å². The average molecular weight is 283 g/mol. The molecule has 1 fully saturated rings. The van der Waals surface area contributed by atoms with Gasteiger partial charge in [0.25, 0.3) is 0 Å². The second-order valence-electron chi connectivity index (χ2n) is 4.38. The lowest BCUT2D eigenvalue weighted by atomic mass is 10.1. The quantitative estimate of drug-likeness (QED) is 0.923. The Balaban J connectivity index is 2.02. The molecule has 0 bridgehead atoms. The molecule has 5 heteroatoms. The number of hydrogen-bond donors (Lipinski definition) is 1. The third-order valence-corrected chi connectivity index (χ3v) is 4.14. The van der Waals surface area contributed by atoms with Crippen molar-refractivity contribution < 1.29 is 4.39 Å². The van der Waals surface area contributed by atoms with Crippen LogP contribution in [0.2, 0.25) is 5.02 Å². The van der Waals surface area contributed by atoms with Crippen molar-refractivity contribution in [2.45, 2.75) is 24.9 Å². The molecule has 18 heavy (non-hydrogen) atoms. The summed E-state index contributed by atoms with van der Waals surface area (Å²) in [5, 5.41) is 6.61. The number of nitrogens with zero attached hydrogens (tertiary/aromatic N) is 1. The second kappa shape index (κ2) is 4.96. The lowest BCUT2D eigenvalue weighted by Gasteiger charge is -2.18. The first-order valence-electron chi connectivity index (χ1n) is 5.85. The first-order valence-corrected chi connectivity index (χ1v) is 7.11. The summed E-state index contributed by atoms with van der Waals surface area (Å²) in [5.74, 6) is -0.282. The fraction of sp³-hybridized carbons (Fsp3) is 0.308. The molecule has 1 aliphatic carbocycles. The van der Waals surface area contributed by atoms with Gasteiger partial charge in [0.2, 0.25) is 0 Å². The zero-order valence-electron chi connectivity index (χ0n) is 9.57. The highest BCUT2D eigenvalue weighted by molar-refractivity contribution is 7.09. The predicted octanol–water partition coefficient (Wildman–Crippen LogP) is 3.78. The van der Waals surface area contributed by atoms with E-state index in [2.05, 4.69) is 10.3 Å². The molecule has 1 saturated carbocycles. The third-order valence-electron chi connectivity index (χ3n) is 2.97. The van der Waals surface area contributed by atoms with Gasteiger partial charge in [-0.05, 0) is 25.0 Å². The fourth-order valence-corrected chi connectivity index (χ4v) is 2.90. The molecule has 1 N–H and O–H groups in total. The zero-order valence-corrected chi connectivity index (χ0v) is 11.1. The maximum absolute atomic E-state index is 14.0. The molecule has 0 saturated heterocycles. The van der Waals surface area contributed by atoms with E-state index in [4.69, 9.17) is 11.6 Å². The van der Waals surface area contributed by atoms with Crippen LogP contribution in [0.4, 0.5) is 4.39 Å². The summed E-state index contributed by atoms with van der Waals surface area (Å²) < 4.78 is 14.0. The van der Waals surface area contributed by atoms with Crippen LogP contribution in [0.15, 0.2) is 29.8 Å². The highest BCUT2D eigenvalue weighted by Crippen LogP contribution is 2.34. The number of thiazole rings is 1. The van der Waals surface area contributed by atoms with E-state index < -0.39 is 0 Å². The molecule has 1 atom stereocenters. The molecule has 0 aliphatic heterocycles. The van der Waals surface area contributed by atoms with Crippen LogP contribution in [0.3, 0.4) is 0 Å². The number of halogens is 2. The first-order chi connectivity index (χ1) is 8.75. The zero-order chi connectivity index (χ0) is 12.5. The Kier molecular flexibility index (Phi) is 3.33. The third kappa shape index (κ3) is 2.41. The predicted molar refractivity (Wildman–Crippen MR) is 71.5 cm³/mol. The monoisotopic (exact) mass is 282 g/mol. The van der Waals surface area contributed by atoms with Gasteiger partial charge in [0, 0.05) is 28.2 Å². The first kappa shape index (κ1) is 12.1. The molecule has 1 unspecified atom stereocenters. The van der Waals surface area contributed by atoms with Gasteiger partial charge in [-0.25, -0.2) is 9.37 Å². The van der Waals surface area contributed by atoms with Crippen LogP contribution < -0.4 is 5.32 Å². The van der Waals surface area contributed by atoms with E-state index in [0.29, 0.717) is 16.6 Å². The highest BCUT2D eigenvalue weighted by Gasteiger charge is 2.30. The molecule has 1 aromatic heterocycles. The summed E-state index contributed by atoms with van der Waals surface area (Å²) in [6, 6.07) is 4.99. The lowest BCUT2D eigenvalue weighted by molar-refractivity contribution is 0.545. The average Bonchev–Trinajstić information content (AvgIpc) is 3.00. The smallest absolute Gasteiger partial charge is 0.129 e. The van der Waals surface area contributed by atoms with E-state index in [0.717, 1.165) is 17.8 Å². The van der Waals surface area contributed by atoms with E-state index >= 15 is 0 Å². The van der Waals surface area contributed by atoms with Gasteiger partial charge in [0.05, 0.1) is 6.04 Å². The summed E-state index contributed by atoms with van der Waals surface area (Å²) in [7, 11) is 0. The number of benzene rings is 1. The van der Waals surface area contributed by atoms with E-state index in [1.54, 1.807) is 18.3 Å². The summed E-state index contributed by atoms with van der Waals surface area (Å²) in [6.07, 6.45) is 4.00. The topological polar surface area (TPSA) is 24.9 Å². The van der Waals surface area contributed by atoms with Gasteiger partial charge < -0.3 is 5.32 Å². The minimum atomic E-state index is -0.282. The van der Waals surface area contributed by atoms with E-state index in [9.17, 15) is 4.39 Å². The maximum atomic E-state index is 14.0. The van der Waals surface area contributed by atoms with Crippen molar-refractivity contribution in [2.75, 3.05) is 0 Å². The molecule has 1 aromatic carbocycles. The lowest BCUT2D eigenvalue weighted by Crippen LogP contribution is -2.25. The van der Waals surface area contributed by atoms with Crippen molar-refractivity contribution in [3.8, 4) is 0 Å². The van der Waals surface area contributed by atoms with Gasteiger partial charge in [-0.3, -0.25) is 0 Å². The van der Waals surface area contributed by atoms with Gasteiger partial charge in [-0.1, -0.05) is 17.7 Å². The van der Waals surface area contributed by atoms with E-state index in [-0.39, 0.29) is 11.9 Å². The largest absolute Gasteiger partial charge is 0.301 e. The van der Waals surface area contributed by atoms with Crippen LogP contribution in [-0.4, -0.2) is 11.0 Å². The second-order valence-corrected chi connectivity index (χ2v) is 5.71. The van der Waals surface area contributed by atoms with Crippen LogP contribution in [0.1, 0.15) is 29.5 Å². The highest BCUT2D eigenvalue weighted by atomic mass is 35.5. The summed E-state index contributed by atoms with van der Waals surface area (Å²) >= 11 is 7.66. The normalized spacial score (nSPS) is 16.8. The summed E-state index contributed by atoms with van der Waals surface area (Å²) in [5.41, 5.74) is 0.501. The number of hydrogen-bond acceptors (Lipinski definition) is 3. The van der Waals surface area contributed by atoms with Crippen molar-refractivity contribution in [3.63, 3.8) is 0 Å². The summed E-state index contributed by atoms with van der Waals surface area (Å²) in [4.78, 5) is 4.29. The molecule has 0 spiro atoms. The summed E-state index contributed by atoms with van der Waals surface area (Å²) in [6.45, 7) is 0. The molecule has 0 radical (unpaired) electrons. The van der Waals surface area contributed by atoms with E-state index in [1.165, 1.54) is 17.4 Å². The molecule has 1 aliphatic rings. The van der Waals surface area contributed by atoms with Gasteiger partial charge in [0.15, 0.2) is 0 Å². The standard InChI is InChI=1S/C13H12ClFN2S/c14-9-2-1-3-10(15)11(9)12(17-8-4-5-8)13-16-6-7-18-13/h1-3,6-8,12,17H,4-5H2. The Bertz CT molecular complexity index is 520. The van der Waals surface area contributed by atoms with E-state index in [1.807, 2.05) is 5.38 Å². The van der Waals surface area contributed by atoms with Crippen molar-refractivity contribution in [2.24, 2.45) is 0 Å². The molecule has 1 heterocycles. The Labute approximate surface area is 114 Å². The van der Waals surface area contributed by atoms with Crippen LogP contribution in [0.25, 0.3) is 0 Å². The molecule has 2 nitrogen and oxygen atoms in total. The molecular weight excluding hydrogens is 271 g/mol. The van der Waals surface area contributed by atoms with Gasteiger partial charge in [-0.15, -0.1) is 11.3 Å². The van der Waals surface area contributed by atoms with Crippen LogP contribution >= 0.6 is 22.9 Å². The van der Waals surface area contributed by atoms with Crippen molar-refractivity contribution in [1.82, 2.24) is 10.3 Å². The Morgan fingerprint density at radius 3 is 2.89 bits per heavy atom. The maximum Gasteiger partial charge on any atom is 0.129 e. The SMILES string of the molecule is Fc1cccc(Cl)c1C(NC1CC1)c1nccs1. The van der Waals surface area contributed by atoms with Crippen LogP contribution in [0.5, 0.6) is 0 Å². The van der Waals surface area contributed by atoms with Crippen LogP contribution in [0, 0.1) is 5.82 Å². The Hall–Kier alpha value is -0.970. The number of nitrogens with one attached hydrogen (secondary N) is 1. The minimum absolute atomic E-state index is 0.244. The van der Waals surface area contributed by atoms with Gasteiger partial charge >= 0.3 is 0 Å².